The van der Waals surface area contributed by atoms with Crippen LogP contribution in [0.15, 0.2) is 53.4 Å². The predicted octanol–water partition coefficient (Wildman–Crippen LogP) is 3.09. The number of fused-ring (bicyclic) bond motifs is 2. The normalized spacial score (nSPS) is 19.1. The maximum atomic E-state index is 13.4. The predicted molar refractivity (Wildman–Crippen MR) is 112 cm³/mol. The van der Waals surface area contributed by atoms with Crippen LogP contribution in [0, 0.1) is 6.92 Å². The van der Waals surface area contributed by atoms with E-state index in [1.54, 1.807) is 24.3 Å². The second-order valence-electron chi connectivity index (χ2n) is 7.53. The molecule has 2 aromatic carbocycles. The van der Waals surface area contributed by atoms with Crippen molar-refractivity contribution in [3.63, 3.8) is 0 Å². The van der Waals surface area contributed by atoms with E-state index in [-0.39, 0.29) is 17.7 Å². The molecule has 0 N–H and O–H groups in total. The second-order valence-corrected chi connectivity index (χ2v) is 9.39. The van der Waals surface area contributed by atoms with Crippen LogP contribution in [-0.2, 0) is 14.8 Å². The van der Waals surface area contributed by atoms with E-state index < -0.39 is 10.0 Å². The molecule has 3 heterocycles. The number of hydrogen-bond acceptors (Lipinski definition) is 6. The Morgan fingerprint density at radius 2 is 1.72 bits per heavy atom. The van der Waals surface area contributed by atoms with Crippen molar-refractivity contribution in [2.45, 2.75) is 30.8 Å². The molecule has 0 amide bonds. The van der Waals surface area contributed by atoms with Gasteiger partial charge in [0.05, 0.1) is 22.0 Å². The summed E-state index contributed by atoms with van der Waals surface area (Å²) in [6.07, 6.45) is 2.08. The molecule has 8 heteroatoms. The summed E-state index contributed by atoms with van der Waals surface area (Å²) in [5.74, 6) is 0.970. The molecule has 0 unspecified atom stereocenters. The molecule has 1 saturated heterocycles. The molecule has 150 valence electrons. The van der Waals surface area contributed by atoms with Crippen LogP contribution in [0.2, 0.25) is 0 Å². The van der Waals surface area contributed by atoms with E-state index in [9.17, 15) is 8.42 Å². The highest BCUT2D eigenvalue weighted by atomic mass is 32.2. The van der Waals surface area contributed by atoms with Crippen molar-refractivity contribution >= 4 is 32.7 Å². The number of sulfonamides is 1. The molecule has 2 aliphatic heterocycles. The zero-order valence-corrected chi connectivity index (χ0v) is 17.0. The van der Waals surface area contributed by atoms with E-state index in [0.717, 1.165) is 30.5 Å². The zero-order chi connectivity index (χ0) is 20.0. The van der Waals surface area contributed by atoms with Gasteiger partial charge in [0.15, 0.2) is 11.6 Å². The smallest absolute Gasteiger partial charge is 0.267 e. The van der Waals surface area contributed by atoms with Crippen LogP contribution < -0.4 is 9.21 Å². The number of rotatable bonds is 4. The standard InChI is InChI=1S/C21H22N4O3S/c1-15-8-10-17(11-9-15)29(26,27)25-14-24(13-16-5-4-12-28-16)20-21(25)23-19-7-3-2-6-18(19)22-20/h2-3,6-11,16H,4-5,12-14H2,1H3/t16-/m1/s1. The number of anilines is 2. The number of para-hydroxylation sites is 2. The van der Waals surface area contributed by atoms with Crippen molar-refractivity contribution in [1.82, 2.24) is 9.97 Å². The third-order valence-corrected chi connectivity index (χ3v) is 7.16. The van der Waals surface area contributed by atoms with E-state index in [2.05, 4.69) is 4.98 Å². The number of hydrogen-bond donors (Lipinski definition) is 0. The molecule has 5 rings (SSSR count). The number of nitrogens with zero attached hydrogens (tertiary/aromatic N) is 4. The molecule has 0 bridgehead atoms. The molecular formula is C21H22N4O3S. The van der Waals surface area contributed by atoms with Gasteiger partial charge in [-0.2, -0.15) is 0 Å². The van der Waals surface area contributed by atoms with Crippen molar-refractivity contribution in [3.8, 4) is 0 Å². The summed E-state index contributed by atoms with van der Waals surface area (Å²) in [7, 11) is -3.76. The van der Waals surface area contributed by atoms with Crippen LogP contribution in [0.25, 0.3) is 11.0 Å². The van der Waals surface area contributed by atoms with Gasteiger partial charge < -0.3 is 9.64 Å². The van der Waals surface area contributed by atoms with Crippen molar-refractivity contribution in [2.24, 2.45) is 0 Å². The van der Waals surface area contributed by atoms with Gasteiger partial charge in [-0.3, -0.25) is 0 Å². The Labute approximate surface area is 170 Å². The van der Waals surface area contributed by atoms with E-state index in [1.807, 2.05) is 36.1 Å². The third kappa shape index (κ3) is 3.22. The van der Waals surface area contributed by atoms with Gasteiger partial charge in [-0.25, -0.2) is 22.7 Å². The van der Waals surface area contributed by atoms with E-state index in [0.29, 0.717) is 23.7 Å². The molecule has 3 aromatic rings. The Morgan fingerprint density at radius 1 is 1.03 bits per heavy atom. The quantitative estimate of drug-likeness (QED) is 0.658. The van der Waals surface area contributed by atoms with Gasteiger partial charge in [0.2, 0.25) is 0 Å². The number of ether oxygens (including phenoxy) is 1. The highest BCUT2D eigenvalue weighted by Crippen LogP contribution is 2.38. The highest BCUT2D eigenvalue weighted by molar-refractivity contribution is 7.92. The minimum atomic E-state index is -3.76. The monoisotopic (exact) mass is 410 g/mol. The maximum Gasteiger partial charge on any atom is 0.267 e. The Hall–Kier alpha value is -2.71. The van der Waals surface area contributed by atoms with Crippen molar-refractivity contribution < 1.29 is 13.2 Å². The Kier molecular flexibility index (Phi) is 4.40. The lowest BCUT2D eigenvalue weighted by Crippen LogP contribution is -2.39. The van der Waals surface area contributed by atoms with Gasteiger partial charge in [0.25, 0.3) is 10.0 Å². The van der Waals surface area contributed by atoms with Crippen LogP contribution >= 0.6 is 0 Å². The molecule has 7 nitrogen and oxygen atoms in total. The fourth-order valence-corrected chi connectivity index (χ4v) is 5.23. The summed E-state index contributed by atoms with van der Waals surface area (Å²) in [6.45, 7) is 3.46. The summed E-state index contributed by atoms with van der Waals surface area (Å²) in [6, 6.07) is 14.4. The van der Waals surface area contributed by atoms with Gasteiger partial charge in [0, 0.05) is 13.2 Å². The van der Waals surface area contributed by atoms with E-state index in [4.69, 9.17) is 9.72 Å². The lowest BCUT2D eigenvalue weighted by atomic mass is 10.2. The Bertz CT molecular complexity index is 1160. The molecule has 1 fully saturated rings. The van der Waals surface area contributed by atoms with Gasteiger partial charge >= 0.3 is 0 Å². The molecule has 0 spiro atoms. The fraction of sp³-hybridized carbons (Fsp3) is 0.333. The average Bonchev–Trinajstić information content (AvgIpc) is 3.35. The highest BCUT2D eigenvalue weighted by Gasteiger charge is 2.39. The van der Waals surface area contributed by atoms with Gasteiger partial charge in [-0.1, -0.05) is 29.8 Å². The SMILES string of the molecule is Cc1ccc(S(=O)(=O)N2CN(C[C@H]3CCCO3)c3nc4ccccc4nc32)cc1. The van der Waals surface area contributed by atoms with E-state index >= 15 is 0 Å². The number of aryl methyl sites for hydroxylation is 1. The Morgan fingerprint density at radius 3 is 2.38 bits per heavy atom. The minimum Gasteiger partial charge on any atom is -0.376 e. The van der Waals surface area contributed by atoms with Gasteiger partial charge in [0.1, 0.15) is 6.67 Å². The summed E-state index contributed by atoms with van der Waals surface area (Å²) < 4.78 is 34.0. The molecule has 0 radical (unpaired) electrons. The molecule has 0 aliphatic carbocycles. The van der Waals surface area contributed by atoms with Crippen LogP contribution in [0.4, 0.5) is 11.6 Å². The molecule has 1 atom stereocenters. The summed E-state index contributed by atoms with van der Waals surface area (Å²) in [4.78, 5) is 11.6. The first kappa shape index (κ1) is 18.3. The first-order valence-corrected chi connectivity index (χ1v) is 11.2. The lowest BCUT2D eigenvalue weighted by Gasteiger charge is -2.23. The van der Waals surface area contributed by atoms with Gasteiger partial charge in [-0.05, 0) is 44.0 Å². The molecular weight excluding hydrogens is 388 g/mol. The van der Waals surface area contributed by atoms with E-state index in [1.165, 1.54) is 4.31 Å². The summed E-state index contributed by atoms with van der Waals surface area (Å²) in [5, 5.41) is 0. The van der Waals surface area contributed by atoms with Crippen molar-refractivity contribution in [1.29, 1.82) is 0 Å². The first-order chi connectivity index (χ1) is 14.0. The topological polar surface area (TPSA) is 75.6 Å². The second kappa shape index (κ2) is 6.96. The molecule has 0 saturated carbocycles. The fourth-order valence-electron chi connectivity index (χ4n) is 3.86. The van der Waals surface area contributed by atoms with Crippen LogP contribution in [-0.4, -0.2) is 44.3 Å². The maximum absolute atomic E-state index is 13.4. The average molecular weight is 410 g/mol. The first-order valence-electron chi connectivity index (χ1n) is 9.75. The number of benzene rings is 2. The largest absolute Gasteiger partial charge is 0.376 e. The summed E-state index contributed by atoms with van der Waals surface area (Å²) in [5.41, 5.74) is 2.43. The Balaban J connectivity index is 1.60. The van der Waals surface area contributed by atoms with Crippen LogP contribution in [0.1, 0.15) is 18.4 Å². The van der Waals surface area contributed by atoms with Crippen molar-refractivity contribution in [2.75, 3.05) is 29.0 Å². The van der Waals surface area contributed by atoms with Crippen molar-refractivity contribution in [3.05, 3.63) is 54.1 Å². The minimum absolute atomic E-state index is 0.0816. The summed E-state index contributed by atoms with van der Waals surface area (Å²) >= 11 is 0. The van der Waals surface area contributed by atoms with Crippen LogP contribution in [0.3, 0.4) is 0 Å². The molecule has 29 heavy (non-hydrogen) atoms. The van der Waals surface area contributed by atoms with Gasteiger partial charge in [-0.15, -0.1) is 0 Å². The lowest BCUT2D eigenvalue weighted by molar-refractivity contribution is 0.116. The van der Waals surface area contributed by atoms with Crippen LogP contribution in [0.5, 0.6) is 0 Å². The number of aromatic nitrogens is 2. The molecule has 2 aliphatic rings. The zero-order valence-electron chi connectivity index (χ0n) is 16.2. The molecule has 1 aromatic heterocycles. The third-order valence-electron chi connectivity index (χ3n) is 5.43.